The summed E-state index contributed by atoms with van der Waals surface area (Å²) in [6.07, 6.45) is 0.864. The van der Waals surface area contributed by atoms with E-state index >= 15 is 0 Å². The Morgan fingerprint density at radius 3 is 2.88 bits per heavy atom. The van der Waals surface area contributed by atoms with Crippen molar-refractivity contribution in [1.82, 2.24) is 15.1 Å². The Morgan fingerprint density at radius 1 is 1.40 bits per heavy atom. The summed E-state index contributed by atoms with van der Waals surface area (Å²) in [7, 11) is 0. The number of fused-ring (bicyclic) bond motifs is 1. The summed E-state index contributed by atoms with van der Waals surface area (Å²) >= 11 is 0. The molecule has 1 saturated heterocycles. The Morgan fingerprint density at radius 2 is 2.16 bits per heavy atom. The highest BCUT2D eigenvalue weighted by molar-refractivity contribution is 5.94. The van der Waals surface area contributed by atoms with Crippen molar-refractivity contribution in [2.24, 2.45) is 11.8 Å². The maximum atomic E-state index is 13.3. The number of aromatic nitrogens is 2. The summed E-state index contributed by atoms with van der Waals surface area (Å²) in [4.78, 5) is 14.9. The van der Waals surface area contributed by atoms with E-state index < -0.39 is 18.2 Å². The van der Waals surface area contributed by atoms with Gasteiger partial charge in [0, 0.05) is 17.8 Å². The Kier molecular flexibility index (Phi) is 5.46. The molecular formula is C18H29N3O4. The molecule has 0 radical (unpaired) electrons. The van der Waals surface area contributed by atoms with Gasteiger partial charge in [-0.1, -0.05) is 20.8 Å². The Balaban J connectivity index is 1.89. The molecule has 1 amide bonds. The third kappa shape index (κ3) is 3.73. The lowest BCUT2D eigenvalue weighted by atomic mass is 9.87. The standard InChI is InChI=1S/C18H29N3O4/c1-10(2)7-21(14-8-25-9-15(22)17(14)23)18(24)16-12-6-11(3)4-5-13(12)19-20-16/h10-11,14-15,17,22-23H,4-9H2,1-3H3,(H,19,20)/t11?,14-,15-,17+/m1/s1. The predicted octanol–water partition coefficient (Wildman–Crippen LogP) is 0.753. The molecule has 1 aliphatic carbocycles. The summed E-state index contributed by atoms with van der Waals surface area (Å²) in [5, 5.41) is 27.6. The molecule has 3 rings (SSSR count). The lowest BCUT2D eigenvalue weighted by Gasteiger charge is -2.40. The second-order valence-corrected chi connectivity index (χ2v) is 7.89. The van der Waals surface area contributed by atoms with E-state index in [1.165, 1.54) is 0 Å². The van der Waals surface area contributed by atoms with E-state index in [1.54, 1.807) is 4.90 Å². The lowest BCUT2D eigenvalue weighted by molar-refractivity contribution is -0.126. The van der Waals surface area contributed by atoms with Gasteiger partial charge in [-0.2, -0.15) is 5.10 Å². The number of aromatic amines is 1. The molecule has 4 atom stereocenters. The maximum absolute atomic E-state index is 13.3. The van der Waals surface area contributed by atoms with Crippen LogP contribution in [0.5, 0.6) is 0 Å². The van der Waals surface area contributed by atoms with Gasteiger partial charge in [0.15, 0.2) is 5.69 Å². The van der Waals surface area contributed by atoms with Crippen molar-refractivity contribution < 1.29 is 19.7 Å². The summed E-state index contributed by atoms with van der Waals surface area (Å²) in [5.41, 5.74) is 2.50. The van der Waals surface area contributed by atoms with Crippen molar-refractivity contribution in [3.05, 3.63) is 17.0 Å². The second-order valence-electron chi connectivity index (χ2n) is 7.89. The van der Waals surface area contributed by atoms with Crippen LogP contribution in [0.2, 0.25) is 0 Å². The monoisotopic (exact) mass is 351 g/mol. The van der Waals surface area contributed by atoms with Crippen LogP contribution in [0.15, 0.2) is 0 Å². The van der Waals surface area contributed by atoms with E-state index in [-0.39, 0.29) is 25.0 Å². The average molecular weight is 351 g/mol. The van der Waals surface area contributed by atoms with Crippen LogP contribution in [-0.4, -0.2) is 69.2 Å². The highest BCUT2D eigenvalue weighted by Gasteiger charge is 2.39. The third-order valence-electron chi connectivity index (χ3n) is 5.18. The molecule has 25 heavy (non-hydrogen) atoms. The number of ether oxygens (including phenoxy) is 1. The summed E-state index contributed by atoms with van der Waals surface area (Å²) in [6.45, 7) is 7.03. The molecule has 1 aliphatic heterocycles. The first-order valence-electron chi connectivity index (χ1n) is 9.19. The molecule has 1 fully saturated rings. The largest absolute Gasteiger partial charge is 0.388 e. The minimum atomic E-state index is -1.01. The topological polar surface area (TPSA) is 98.7 Å². The molecule has 2 aliphatic rings. The SMILES string of the molecule is CC(C)CN(C(=O)c1n[nH]c2c1CC(C)CC2)[C@@H]1COC[C@@H](O)[C@H]1O. The van der Waals surface area contributed by atoms with Crippen molar-refractivity contribution in [2.45, 2.75) is 58.3 Å². The third-order valence-corrected chi connectivity index (χ3v) is 5.18. The number of amides is 1. The zero-order valence-corrected chi connectivity index (χ0v) is 15.2. The number of carbonyl (C=O) groups is 1. The predicted molar refractivity (Wildman–Crippen MR) is 92.3 cm³/mol. The highest BCUT2D eigenvalue weighted by Crippen LogP contribution is 2.28. The van der Waals surface area contributed by atoms with Gasteiger partial charge >= 0.3 is 0 Å². The van der Waals surface area contributed by atoms with Crippen molar-refractivity contribution >= 4 is 5.91 Å². The van der Waals surface area contributed by atoms with Gasteiger partial charge in [0.1, 0.15) is 12.2 Å². The van der Waals surface area contributed by atoms with Crippen molar-refractivity contribution in [3.63, 3.8) is 0 Å². The van der Waals surface area contributed by atoms with Gasteiger partial charge in [-0.3, -0.25) is 9.89 Å². The second kappa shape index (κ2) is 7.43. The van der Waals surface area contributed by atoms with Gasteiger partial charge in [0.05, 0.1) is 19.3 Å². The van der Waals surface area contributed by atoms with Crippen LogP contribution in [-0.2, 0) is 17.6 Å². The zero-order valence-electron chi connectivity index (χ0n) is 15.2. The number of aliphatic hydroxyl groups excluding tert-OH is 2. The number of nitrogens with zero attached hydrogens (tertiary/aromatic N) is 2. The molecule has 3 N–H and O–H groups in total. The lowest BCUT2D eigenvalue weighted by Crippen LogP contribution is -2.58. The first-order chi connectivity index (χ1) is 11.9. The van der Waals surface area contributed by atoms with E-state index in [9.17, 15) is 15.0 Å². The first-order valence-corrected chi connectivity index (χ1v) is 9.19. The molecule has 1 aromatic rings. The number of nitrogens with one attached hydrogen (secondary N) is 1. The number of hydrogen-bond acceptors (Lipinski definition) is 5. The smallest absolute Gasteiger partial charge is 0.275 e. The molecule has 2 heterocycles. The molecule has 140 valence electrons. The van der Waals surface area contributed by atoms with Crippen LogP contribution in [0, 0.1) is 11.8 Å². The fourth-order valence-corrected chi connectivity index (χ4v) is 3.78. The van der Waals surface area contributed by atoms with Gasteiger partial charge in [0.2, 0.25) is 0 Å². The van der Waals surface area contributed by atoms with Crippen molar-refractivity contribution in [2.75, 3.05) is 19.8 Å². The van der Waals surface area contributed by atoms with E-state index in [4.69, 9.17) is 4.74 Å². The number of hydrogen-bond donors (Lipinski definition) is 3. The minimum absolute atomic E-state index is 0.0939. The number of rotatable bonds is 4. The van der Waals surface area contributed by atoms with Gasteiger partial charge in [-0.25, -0.2) is 0 Å². The van der Waals surface area contributed by atoms with Gasteiger partial charge in [-0.05, 0) is 31.1 Å². The van der Waals surface area contributed by atoms with Crippen LogP contribution in [0.1, 0.15) is 48.9 Å². The van der Waals surface area contributed by atoms with Gasteiger partial charge < -0.3 is 19.8 Å². The molecule has 0 bridgehead atoms. The number of carbonyl (C=O) groups excluding carboxylic acids is 1. The van der Waals surface area contributed by atoms with E-state index in [0.717, 1.165) is 30.5 Å². The Bertz CT molecular complexity index is 615. The number of aryl methyl sites for hydroxylation is 1. The number of H-pyrrole nitrogens is 1. The van der Waals surface area contributed by atoms with Crippen molar-refractivity contribution in [1.29, 1.82) is 0 Å². The highest BCUT2D eigenvalue weighted by atomic mass is 16.5. The molecule has 0 spiro atoms. The Labute approximate surface area is 148 Å². The molecular weight excluding hydrogens is 322 g/mol. The summed E-state index contributed by atoms with van der Waals surface area (Å²) in [5.74, 6) is 0.562. The van der Waals surface area contributed by atoms with E-state index in [0.29, 0.717) is 18.2 Å². The molecule has 0 saturated carbocycles. The maximum Gasteiger partial charge on any atom is 0.275 e. The van der Waals surface area contributed by atoms with Crippen LogP contribution in [0.4, 0.5) is 0 Å². The number of aliphatic hydroxyl groups is 2. The first kappa shape index (κ1) is 18.4. The summed E-state index contributed by atoms with van der Waals surface area (Å²) < 4.78 is 5.39. The van der Waals surface area contributed by atoms with Crippen LogP contribution in [0.25, 0.3) is 0 Å². The average Bonchev–Trinajstić information content (AvgIpc) is 2.97. The fourth-order valence-electron chi connectivity index (χ4n) is 3.78. The molecule has 0 aromatic carbocycles. The van der Waals surface area contributed by atoms with Crippen LogP contribution in [0.3, 0.4) is 0 Å². The van der Waals surface area contributed by atoms with E-state index in [1.807, 2.05) is 13.8 Å². The van der Waals surface area contributed by atoms with Crippen LogP contribution >= 0.6 is 0 Å². The van der Waals surface area contributed by atoms with Crippen molar-refractivity contribution in [3.8, 4) is 0 Å². The molecule has 7 heteroatoms. The van der Waals surface area contributed by atoms with Crippen LogP contribution < -0.4 is 0 Å². The van der Waals surface area contributed by atoms with Gasteiger partial charge in [0.25, 0.3) is 5.91 Å². The van der Waals surface area contributed by atoms with E-state index in [2.05, 4.69) is 17.1 Å². The summed E-state index contributed by atoms with van der Waals surface area (Å²) in [6, 6.07) is -0.563. The molecule has 1 aromatic heterocycles. The normalized spacial score (nSPS) is 29.5. The Hall–Kier alpha value is -1.44. The van der Waals surface area contributed by atoms with Gasteiger partial charge in [-0.15, -0.1) is 0 Å². The minimum Gasteiger partial charge on any atom is -0.388 e. The fraction of sp³-hybridized carbons (Fsp3) is 0.778. The molecule has 7 nitrogen and oxygen atoms in total. The quantitative estimate of drug-likeness (QED) is 0.744. The molecule has 1 unspecified atom stereocenters. The zero-order chi connectivity index (χ0) is 18.1.